The molecule has 0 radical (unpaired) electrons. The standard InChI is InChI=1S/C8H15NO3S/c1-3-6-13-8(11)9-4-5-12-7(2)10/h3-6H2,1-2H3,(H,9,11). The van der Waals surface area contributed by atoms with Crippen molar-refractivity contribution in [3.63, 3.8) is 0 Å². The molecule has 0 saturated heterocycles. The predicted molar refractivity (Wildman–Crippen MR) is 52.8 cm³/mol. The van der Waals surface area contributed by atoms with Crippen LogP contribution in [-0.4, -0.2) is 30.1 Å². The second-order valence-electron chi connectivity index (χ2n) is 2.40. The number of thioether (sulfide) groups is 1. The summed E-state index contributed by atoms with van der Waals surface area (Å²) in [6.07, 6.45) is 0.974. The Labute approximate surface area is 82.4 Å². The van der Waals surface area contributed by atoms with Gasteiger partial charge in [0.2, 0.25) is 0 Å². The quantitative estimate of drug-likeness (QED) is 0.544. The summed E-state index contributed by atoms with van der Waals surface area (Å²) in [5, 5.41) is 2.56. The van der Waals surface area contributed by atoms with Gasteiger partial charge >= 0.3 is 5.97 Å². The maximum absolute atomic E-state index is 11.0. The van der Waals surface area contributed by atoms with E-state index in [1.54, 1.807) is 0 Å². The van der Waals surface area contributed by atoms with Crippen LogP contribution < -0.4 is 5.32 Å². The van der Waals surface area contributed by atoms with E-state index in [1.807, 2.05) is 6.92 Å². The first-order chi connectivity index (χ1) is 6.16. The van der Waals surface area contributed by atoms with Gasteiger partial charge in [0.25, 0.3) is 5.24 Å². The predicted octanol–water partition coefficient (Wildman–Crippen LogP) is 1.40. The van der Waals surface area contributed by atoms with Gasteiger partial charge in [-0.25, -0.2) is 0 Å². The largest absolute Gasteiger partial charge is 0.464 e. The first kappa shape index (κ1) is 12.3. The summed E-state index contributed by atoms with van der Waals surface area (Å²) in [6.45, 7) is 3.98. The van der Waals surface area contributed by atoms with Gasteiger partial charge in [-0.1, -0.05) is 18.7 Å². The third-order valence-electron chi connectivity index (χ3n) is 1.11. The molecule has 0 aliphatic heterocycles. The average Bonchev–Trinajstić information content (AvgIpc) is 2.08. The number of amides is 1. The molecule has 0 atom stereocenters. The van der Waals surface area contributed by atoms with Gasteiger partial charge in [-0.2, -0.15) is 0 Å². The van der Waals surface area contributed by atoms with Gasteiger partial charge in [-0.3, -0.25) is 9.59 Å². The molecule has 0 fully saturated rings. The Morgan fingerprint density at radius 3 is 2.69 bits per heavy atom. The van der Waals surface area contributed by atoms with E-state index >= 15 is 0 Å². The molecule has 0 aromatic rings. The molecule has 5 heteroatoms. The molecule has 1 N–H and O–H groups in total. The second-order valence-corrected chi connectivity index (χ2v) is 3.47. The molecule has 13 heavy (non-hydrogen) atoms. The fraction of sp³-hybridized carbons (Fsp3) is 0.750. The van der Waals surface area contributed by atoms with Crippen LogP contribution in [0, 0.1) is 0 Å². The van der Waals surface area contributed by atoms with Crippen molar-refractivity contribution in [2.75, 3.05) is 18.9 Å². The lowest BCUT2D eigenvalue weighted by Crippen LogP contribution is -2.24. The molecule has 0 aromatic heterocycles. The third-order valence-corrected chi connectivity index (χ3v) is 2.13. The molecule has 0 saturated carbocycles. The Morgan fingerprint density at radius 2 is 2.15 bits per heavy atom. The van der Waals surface area contributed by atoms with E-state index in [4.69, 9.17) is 0 Å². The van der Waals surface area contributed by atoms with Gasteiger partial charge in [-0.15, -0.1) is 0 Å². The van der Waals surface area contributed by atoms with E-state index in [1.165, 1.54) is 18.7 Å². The SMILES string of the molecule is CCCSC(=O)NCCOC(C)=O. The minimum atomic E-state index is -0.324. The number of ether oxygens (including phenoxy) is 1. The highest BCUT2D eigenvalue weighted by atomic mass is 32.2. The van der Waals surface area contributed by atoms with Gasteiger partial charge in [0.1, 0.15) is 6.61 Å². The van der Waals surface area contributed by atoms with Crippen LogP contribution in [0.2, 0.25) is 0 Å². The molecule has 0 aromatic carbocycles. The van der Waals surface area contributed by atoms with Crippen molar-refractivity contribution < 1.29 is 14.3 Å². The minimum Gasteiger partial charge on any atom is -0.464 e. The van der Waals surface area contributed by atoms with Crippen molar-refractivity contribution >= 4 is 23.0 Å². The monoisotopic (exact) mass is 205 g/mol. The highest BCUT2D eigenvalue weighted by molar-refractivity contribution is 8.13. The maximum Gasteiger partial charge on any atom is 0.302 e. The van der Waals surface area contributed by atoms with E-state index in [-0.39, 0.29) is 17.8 Å². The Bertz CT molecular complexity index is 173. The fourth-order valence-corrected chi connectivity index (χ4v) is 1.19. The average molecular weight is 205 g/mol. The molecular weight excluding hydrogens is 190 g/mol. The van der Waals surface area contributed by atoms with Crippen LogP contribution in [0.15, 0.2) is 0 Å². The Kier molecular flexibility index (Phi) is 7.48. The Hall–Kier alpha value is -0.710. The summed E-state index contributed by atoms with van der Waals surface area (Å²) in [5.74, 6) is 0.495. The molecule has 0 heterocycles. The number of nitrogens with one attached hydrogen (secondary N) is 1. The van der Waals surface area contributed by atoms with Gasteiger partial charge in [0.15, 0.2) is 0 Å². The number of rotatable bonds is 5. The summed E-state index contributed by atoms with van der Waals surface area (Å²) in [7, 11) is 0. The molecule has 0 rings (SSSR count). The van der Waals surface area contributed by atoms with Crippen LogP contribution in [0.1, 0.15) is 20.3 Å². The summed E-state index contributed by atoms with van der Waals surface area (Å²) in [6, 6.07) is 0. The van der Waals surface area contributed by atoms with Gasteiger partial charge in [0, 0.05) is 12.7 Å². The lowest BCUT2D eigenvalue weighted by Gasteiger charge is -2.03. The van der Waals surface area contributed by atoms with Crippen LogP contribution >= 0.6 is 11.8 Å². The molecule has 1 amide bonds. The molecule has 0 unspecified atom stereocenters. The summed E-state index contributed by atoms with van der Waals surface area (Å²) < 4.78 is 4.63. The number of hydrogen-bond donors (Lipinski definition) is 1. The molecule has 0 bridgehead atoms. The molecule has 0 aliphatic rings. The number of carbonyl (C=O) groups is 2. The zero-order valence-corrected chi connectivity index (χ0v) is 8.78. The van der Waals surface area contributed by atoms with Gasteiger partial charge in [0.05, 0.1) is 6.54 Å². The maximum atomic E-state index is 11.0. The zero-order valence-electron chi connectivity index (χ0n) is 7.96. The molecule has 4 nitrogen and oxygen atoms in total. The van der Waals surface area contributed by atoms with E-state index < -0.39 is 0 Å². The van der Waals surface area contributed by atoms with Crippen molar-refractivity contribution in [1.82, 2.24) is 5.32 Å². The lowest BCUT2D eigenvalue weighted by molar-refractivity contribution is -0.140. The van der Waals surface area contributed by atoms with E-state index in [0.29, 0.717) is 6.54 Å². The van der Waals surface area contributed by atoms with Crippen molar-refractivity contribution in [3.05, 3.63) is 0 Å². The van der Waals surface area contributed by atoms with Crippen molar-refractivity contribution in [3.8, 4) is 0 Å². The highest BCUT2D eigenvalue weighted by Crippen LogP contribution is 2.01. The lowest BCUT2D eigenvalue weighted by atomic mass is 10.6. The van der Waals surface area contributed by atoms with Crippen LogP contribution in [0.3, 0.4) is 0 Å². The third kappa shape index (κ3) is 9.20. The van der Waals surface area contributed by atoms with Crippen LogP contribution in [-0.2, 0) is 9.53 Å². The first-order valence-corrected chi connectivity index (χ1v) is 5.19. The van der Waals surface area contributed by atoms with Crippen molar-refractivity contribution in [2.45, 2.75) is 20.3 Å². The normalized spacial score (nSPS) is 9.38. The Balaban J connectivity index is 3.22. The molecular formula is C8H15NO3S. The first-order valence-electron chi connectivity index (χ1n) is 4.20. The van der Waals surface area contributed by atoms with Crippen LogP contribution in [0.25, 0.3) is 0 Å². The van der Waals surface area contributed by atoms with E-state index in [0.717, 1.165) is 12.2 Å². The number of esters is 1. The Morgan fingerprint density at radius 1 is 1.46 bits per heavy atom. The zero-order chi connectivity index (χ0) is 10.1. The summed E-state index contributed by atoms with van der Waals surface area (Å²) in [5.41, 5.74) is 0. The molecule has 0 aliphatic carbocycles. The highest BCUT2D eigenvalue weighted by Gasteiger charge is 1.99. The van der Waals surface area contributed by atoms with Crippen LogP contribution in [0.4, 0.5) is 4.79 Å². The summed E-state index contributed by atoms with van der Waals surface area (Å²) >= 11 is 1.24. The van der Waals surface area contributed by atoms with Gasteiger partial charge < -0.3 is 10.1 Å². The minimum absolute atomic E-state index is 0.0611. The summed E-state index contributed by atoms with van der Waals surface area (Å²) in [4.78, 5) is 21.3. The van der Waals surface area contributed by atoms with E-state index in [9.17, 15) is 9.59 Å². The molecule has 0 spiro atoms. The smallest absolute Gasteiger partial charge is 0.302 e. The fourth-order valence-electron chi connectivity index (χ4n) is 0.594. The second kappa shape index (κ2) is 7.91. The molecule has 76 valence electrons. The van der Waals surface area contributed by atoms with Crippen LogP contribution in [0.5, 0.6) is 0 Å². The number of carbonyl (C=O) groups excluding carboxylic acids is 2. The van der Waals surface area contributed by atoms with Crippen molar-refractivity contribution in [1.29, 1.82) is 0 Å². The van der Waals surface area contributed by atoms with E-state index in [2.05, 4.69) is 10.1 Å². The topological polar surface area (TPSA) is 55.4 Å². The van der Waals surface area contributed by atoms with Crippen molar-refractivity contribution in [2.24, 2.45) is 0 Å². The number of hydrogen-bond acceptors (Lipinski definition) is 4. The van der Waals surface area contributed by atoms with Gasteiger partial charge in [-0.05, 0) is 6.42 Å².